The van der Waals surface area contributed by atoms with Crippen LogP contribution in [0.4, 0.5) is 4.39 Å². The number of pyridine rings is 1. The maximum absolute atomic E-state index is 13.2. The van der Waals surface area contributed by atoms with Gasteiger partial charge in [0.25, 0.3) is 0 Å². The van der Waals surface area contributed by atoms with Crippen LogP contribution in [0.2, 0.25) is 10.0 Å². The van der Waals surface area contributed by atoms with Crippen LogP contribution in [-0.2, 0) is 19.3 Å². The van der Waals surface area contributed by atoms with Crippen molar-refractivity contribution in [3.05, 3.63) is 98.5 Å². The molecule has 0 atom stereocenters. The summed E-state index contributed by atoms with van der Waals surface area (Å²) in [4.78, 5) is 15.3. The molecule has 1 aromatic heterocycles. The summed E-state index contributed by atoms with van der Waals surface area (Å²) in [6.07, 6.45) is 1.81. The number of carboxylic acids is 1. The molecule has 0 saturated carbocycles. The van der Waals surface area contributed by atoms with Crippen molar-refractivity contribution in [1.29, 1.82) is 0 Å². The van der Waals surface area contributed by atoms with E-state index in [1.165, 1.54) is 18.2 Å². The lowest BCUT2D eigenvalue weighted by atomic mass is 9.97. The van der Waals surface area contributed by atoms with Gasteiger partial charge in [-0.2, -0.15) is 0 Å². The zero-order valence-corrected chi connectivity index (χ0v) is 15.8. The number of hydrogen-bond donors (Lipinski definition) is 1. The minimum Gasteiger partial charge on any atom is -0.477 e. The predicted octanol–water partition coefficient (Wildman–Crippen LogP) is 5.60. The monoisotopic (exact) mass is 403 g/mol. The highest BCUT2D eigenvalue weighted by Crippen LogP contribution is 2.23. The van der Waals surface area contributed by atoms with Gasteiger partial charge in [0.15, 0.2) is 0 Å². The van der Waals surface area contributed by atoms with Gasteiger partial charge in [0.2, 0.25) is 0 Å². The van der Waals surface area contributed by atoms with E-state index in [4.69, 9.17) is 28.3 Å². The SMILES string of the molecule is O=C(O)c1cccc(Cc2cc(Cl)ccc2CCc2ccc(F)cc2Cl)n1. The number of carbonyl (C=O) groups is 1. The van der Waals surface area contributed by atoms with Crippen molar-refractivity contribution >= 4 is 29.2 Å². The fraction of sp³-hybridized carbons (Fsp3) is 0.143. The van der Waals surface area contributed by atoms with Gasteiger partial charge < -0.3 is 5.11 Å². The summed E-state index contributed by atoms with van der Waals surface area (Å²) < 4.78 is 13.2. The molecule has 0 fully saturated rings. The van der Waals surface area contributed by atoms with Crippen LogP contribution in [0, 0.1) is 5.82 Å². The van der Waals surface area contributed by atoms with Crippen LogP contribution in [-0.4, -0.2) is 16.1 Å². The molecule has 0 saturated heterocycles. The van der Waals surface area contributed by atoms with Crippen LogP contribution < -0.4 is 0 Å². The molecule has 0 aliphatic carbocycles. The molecule has 0 radical (unpaired) electrons. The first kappa shape index (κ1) is 19.3. The molecule has 0 bridgehead atoms. The molecule has 3 aromatic rings. The zero-order chi connectivity index (χ0) is 19.4. The number of carboxylic acid groups (broad SMARTS) is 1. The van der Waals surface area contributed by atoms with Crippen molar-refractivity contribution in [2.45, 2.75) is 19.3 Å². The molecule has 0 aliphatic rings. The fourth-order valence-corrected chi connectivity index (χ4v) is 3.35. The van der Waals surface area contributed by atoms with Crippen LogP contribution >= 0.6 is 23.2 Å². The number of hydrogen-bond acceptors (Lipinski definition) is 2. The smallest absolute Gasteiger partial charge is 0.354 e. The highest BCUT2D eigenvalue weighted by Gasteiger charge is 2.10. The van der Waals surface area contributed by atoms with Gasteiger partial charge in [-0.3, -0.25) is 0 Å². The molecule has 3 nitrogen and oxygen atoms in total. The average molecular weight is 404 g/mol. The Balaban J connectivity index is 1.82. The van der Waals surface area contributed by atoms with Gasteiger partial charge in [0, 0.05) is 22.2 Å². The van der Waals surface area contributed by atoms with Crippen molar-refractivity contribution < 1.29 is 14.3 Å². The third-order valence-corrected chi connectivity index (χ3v) is 4.83. The Morgan fingerprint density at radius 2 is 1.70 bits per heavy atom. The molecular formula is C21H16Cl2FNO2. The molecule has 2 aromatic carbocycles. The number of nitrogens with zero attached hydrogens (tertiary/aromatic N) is 1. The second-order valence-corrected chi connectivity index (χ2v) is 6.99. The van der Waals surface area contributed by atoms with E-state index in [1.54, 1.807) is 18.2 Å². The highest BCUT2D eigenvalue weighted by molar-refractivity contribution is 6.31. The normalized spacial score (nSPS) is 10.8. The van der Waals surface area contributed by atoms with Gasteiger partial charge in [-0.05, 0) is 65.9 Å². The molecule has 0 spiro atoms. The Kier molecular flexibility index (Phi) is 6.09. The minimum absolute atomic E-state index is 0.00849. The van der Waals surface area contributed by atoms with Crippen molar-refractivity contribution in [1.82, 2.24) is 4.98 Å². The molecule has 3 rings (SSSR count). The van der Waals surface area contributed by atoms with E-state index in [9.17, 15) is 9.18 Å². The van der Waals surface area contributed by atoms with Crippen molar-refractivity contribution in [3.8, 4) is 0 Å². The Bertz CT molecular complexity index is 992. The Morgan fingerprint density at radius 3 is 2.44 bits per heavy atom. The number of aromatic carboxylic acids is 1. The number of halogens is 3. The lowest BCUT2D eigenvalue weighted by molar-refractivity contribution is 0.0690. The second-order valence-electron chi connectivity index (χ2n) is 6.14. The molecule has 1 N–H and O–H groups in total. The summed E-state index contributed by atoms with van der Waals surface area (Å²) in [5, 5.41) is 10.1. The van der Waals surface area contributed by atoms with Crippen LogP contribution in [0.25, 0.3) is 0 Å². The largest absolute Gasteiger partial charge is 0.477 e. The first-order valence-electron chi connectivity index (χ1n) is 8.33. The van der Waals surface area contributed by atoms with Gasteiger partial charge in [-0.25, -0.2) is 14.2 Å². The summed E-state index contributed by atoms with van der Waals surface area (Å²) in [5.74, 6) is -1.42. The van der Waals surface area contributed by atoms with E-state index in [0.29, 0.717) is 35.0 Å². The average Bonchev–Trinajstić information content (AvgIpc) is 2.62. The summed E-state index contributed by atoms with van der Waals surface area (Å²) in [6, 6.07) is 14.9. The molecule has 0 unspecified atom stereocenters. The molecule has 1 heterocycles. The van der Waals surface area contributed by atoms with Gasteiger partial charge >= 0.3 is 5.97 Å². The molecule has 6 heteroatoms. The van der Waals surface area contributed by atoms with Crippen LogP contribution in [0.15, 0.2) is 54.6 Å². The van der Waals surface area contributed by atoms with Crippen LogP contribution in [0.1, 0.15) is 32.9 Å². The molecule has 0 aliphatic heterocycles. The van der Waals surface area contributed by atoms with Gasteiger partial charge in [0.1, 0.15) is 11.5 Å². The van der Waals surface area contributed by atoms with E-state index in [-0.39, 0.29) is 11.5 Å². The lowest BCUT2D eigenvalue weighted by Crippen LogP contribution is -2.04. The summed E-state index contributed by atoms with van der Waals surface area (Å²) in [7, 11) is 0. The predicted molar refractivity (Wildman–Crippen MR) is 104 cm³/mol. The summed E-state index contributed by atoms with van der Waals surface area (Å²) in [6.45, 7) is 0. The summed E-state index contributed by atoms with van der Waals surface area (Å²) >= 11 is 12.3. The van der Waals surface area contributed by atoms with E-state index < -0.39 is 5.97 Å². The third kappa shape index (κ3) is 5.06. The molecule has 27 heavy (non-hydrogen) atoms. The van der Waals surface area contributed by atoms with Crippen LogP contribution in [0.5, 0.6) is 0 Å². The van der Waals surface area contributed by atoms with E-state index in [0.717, 1.165) is 16.7 Å². The fourth-order valence-electron chi connectivity index (χ4n) is 2.89. The third-order valence-electron chi connectivity index (χ3n) is 4.24. The Labute approximate surface area is 166 Å². The standard InChI is InChI=1S/C21H16Cl2FNO2/c22-16-8-6-13(4-5-14-7-9-17(24)12-19(14)23)15(10-16)11-18-2-1-3-20(25-18)21(26)27/h1-3,6-10,12H,4-5,11H2,(H,26,27). The first-order chi connectivity index (χ1) is 12.9. The van der Waals surface area contributed by atoms with Gasteiger partial charge in [0.05, 0.1) is 0 Å². The van der Waals surface area contributed by atoms with Crippen molar-refractivity contribution in [2.24, 2.45) is 0 Å². The van der Waals surface area contributed by atoms with E-state index in [1.807, 2.05) is 18.2 Å². The molecule has 138 valence electrons. The maximum Gasteiger partial charge on any atom is 0.354 e. The van der Waals surface area contributed by atoms with E-state index >= 15 is 0 Å². The number of rotatable bonds is 6. The highest BCUT2D eigenvalue weighted by atomic mass is 35.5. The zero-order valence-electron chi connectivity index (χ0n) is 14.3. The van der Waals surface area contributed by atoms with Crippen LogP contribution in [0.3, 0.4) is 0 Å². The quantitative estimate of drug-likeness (QED) is 0.582. The first-order valence-corrected chi connectivity index (χ1v) is 9.08. The van der Waals surface area contributed by atoms with Crippen molar-refractivity contribution in [3.63, 3.8) is 0 Å². The molecular weight excluding hydrogens is 388 g/mol. The van der Waals surface area contributed by atoms with Crippen molar-refractivity contribution in [2.75, 3.05) is 0 Å². The topological polar surface area (TPSA) is 50.2 Å². The molecule has 0 amide bonds. The van der Waals surface area contributed by atoms with Gasteiger partial charge in [-0.15, -0.1) is 0 Å². The Morgan fingerprint density at radius 1 is 0.963 bits per heavy atom. The minimum atomic E-state index is -1.06. The number of aromatic nitrogens is 1. The number of benzene rings is 2. The van der Waals surface area contributed by atoms with E-state index in [2.05, 4.69) is 4.98 Å². The second kappa shape index (κ2) is 8.51. The number of aryl methyl sites for hydroxylation is 2. The summed E-state index contributed by atoms with van der Waals surface area (Å²) in [5.41, 5.74) is 3.55. The lowest BCUT2D eigenvalue weighted by Gasteiger charge is -2.11. The Hall–Kier alpha value is -2.43. The van der Waals surface area contributed by atoms with Gasteiger partial charge in [-0.1, -0.05) is 41.4 Å². The maximum atomic E-state index is 13.2.